The van der Waals surface area contributed by atoms with Crippen molar-refractivity contribution in [2.75, 3.05) is 13.7 Å². The Morgan fingerprint density at radius 2 is 1.83 bits per heavy atom. The molecule has 6 nitrogen and oxygen atoms in total. The molecule has 0 saturated heterocycles. The van der Waals surface area contributed by atoms with Gasteiger partial charge in [-0.15, -0.1) is 0 Å². The van der Waals surface area contributed by atoms with E-state index in [4.69, 9.17) is 16.3 Å². The number of nitrogens with one attached hydrogen (secondary N) is 1. The first kappa shape index (κ1) is 23.2. The molecule has 2 aromatic rings. The minimum absolute atomic E-state index is 0.0467. The standard InChI is InChI=1S/C21H27ClN2O4S/c1-5-15(3)23-21(25)16-7-12-20(28-6-2)17(13-16)14-24(4)29(26,27)19-10-8-18(22)9-11-19/h7-13,15H,5-6,14H2,1-4H3,(H,23,25)/t15-/m1/s1. The van der Waals surface area contributed by atoms with Gasteiger partial charge >= 0.3 is 0 Å². The van der Waals surface area contributed by atoms with Gasteiger partial charge in [-0.05, 0) is 62.7 Å². The number of sulfonamides is 1. The number of halogens is 1. The summed E-state index contributed by atoms with van der Waals surface area (Å²) in [5.74, 6) is 0.345. The van der Waals surface area contributed by atoms with E-state index in [2.05, 4.69) is 5.32 Å². The summed E-state index contributed by atoms with van der Waals surface area (Å²) < 4.78 is 32.6. The van der Waals surface area contributed by atoms with Crippen LogP contribution in [0.5, 0.6) is 5.75 Å². The lowest BCUT2D eigenvalue weighted by Crippen LogP contribution is -2.32. The highest BCUT2D eigenvalue weighted by Crippen LogP contribution is 2.25. The number of rotatable bonds is 9. The molecule has 0 fully saturated rings. The van der Waals surface area contributed by atoms with Gasteiger partial charge in [0.1, 0.15) is 5.75 Å². The minimum Gasteiger partial charge on any atom is -0.494 e. The second kappa shape index (κ2) is 10.1. The molecule has 29 heavy (non-hydrogen) atoms. The smallest absolute Gasteiger partial charge is 0.251 e. The van der Waals surface area contributed by atoms with E-state index >= 15 is 0 Å². The molecule has 0 saturated carbocycles. The average Bonchev–Trinajstić information content (AvgIpc) is 2.69. The summed E-state index contributed by atoms with van der Waals surface area (Å²) in [4.78, 5) is 12.6. The van der Waals surface area contributed by atoms with E-state index in [9.17, 15) is 13.2 Å². The van der Waals surface area contributed by atoms with Gasteiger partial charge in [0.25, 0.3) is 5.91 Å². The number of amides is 1. The van der Waals surface area contributed by atoms with Crippen LogP contribution in [0.3, 0.4) is 0 Å². The largest absolute Gasteiger partial charge is 0.494 e. The lowest BCUT2D eigenvalue weighted by atomic mass is 10.1. The van der Waals surface area contributed by atoms with Crippen molar-refractivity contribution >= 4 is 27.5 Å². The molecule has 0 bridgehead atoms. The van der Waals surface area contributed by atoms with Crippen molar-refractivity contribution in [3.63, 3.8) is 0 Å². The van der Waals surface area contributed by atoms with Crippen LogP contribution < -0.4 is 10.1 Å². The number of hydrogen-bond acceptors (Lipinski definition) is 4. The van der Waals surface area contributed by atoms with E-state index < -0.39 is 10.0 Å². The molecule has 1 atom stereocenters. The first-order valence-corrected chi connectivity index (χ1v) is 11.3. The lowest BCUT2D eigenvalue weighted by Gasteiger charge is -2.20. The normalized spacial score (nSPS) is 12.6. The number of nitrogens with zero attached hydrogens (tertiary/aromatic N) is 1. The Morgan fingerprint density at radius 3 is 2.41 bits per heavy atom. The Hall–Kier alpha value is -2.09. The van der Waals surface area contributed by atoms with Crippen LogP contribution in [-0.2, 0) is 16.6 Å². The van der Waals surface area contributed by atoms with Crippen molar-refractivity contribution < 1.29 is 17.9 Å². The second-order valence-corrected chi connectivity index (χ2v) is 9.23. The number of benzene rings is 2. The molecular weight excluding hydrogens is 412 g/mol. The monoisotopic (exact) mass is 438 g/mol. The Labute approximate surface area is 177 Å². The Bertz CT molecular complexity index is 946. The fraction of sp³-hybridized carbons (Fsp3) is 0.381. The first-order chi connectivity index (χ1) is 13.7. The van der Waals surface area contributed by atoms with Crippen LogP contribution in [0.25, 0.3) is 0 Å². The van der Waals surface area contributed by atoms with Crippen molar-refractivity contribution in [2.45, 2.75) is 44.7 Å². The van der Waals surface area contributed by atoms with E-state index in [1.165, 1.54) is 35.6 Å². The molecule has 0 aliphatic heterocycles. The van der Waals surface area contributed by atoms with Gasteiger partial charge in [0.2, 0.25) is 10.0 Å². The number of carbonyl (C=O) groups excluding carboxylic acids is 1. The van der Waals surface area contributed by atoms with Crippen molar-refractivity contribution in [3.05, 3.63) is 58.6 Å². The molecule has 8 heteroatoms. The molecule has 0 unspecified atom stereocenters. The Kier molecular flexibility index (Phi) is 8.07. The van der Waals surface area contributed by atoms with Crippen molar-refractivity contribution in [2.24, 2.45) is 0 Å². The van der Waals surface area contributed by atoms with E-state index in [-0.39, 0.29) is 23.4 Å². The quantitative estimate of drug-likeness (QED) is 0.639. The molecule has 1 amide bonds. The fourth-order valence-electron chi connectivity index (χ4n) is 2.66. The highest BCUT2D eigenvalue weighted by molar-refractivity contribution is 7.89. The maximum absolute atomic E-state index is 12.9. The first-order valence-electron chi connectivity index (χ1n) is 9.47. The van der Waals surface area contributed by atoms with Crippen LogP contribution in [0, 0.1) is 0 Å². The van der Waals surface area contributed by atoms with E-state index in [0.717, 1.165) is 6.42 Å². The van der Waals surface area contributed by atoms with Gasteiger partial charge in [-0.2, -0.15) is 4.31 Å². The summed E-state index contributed by atoms with van der Waals surface area (Å²) in [6, 6.07) is 11.1. The molecule has 0 aromatic heterocycles. The van der Waals surface area contributed by atoms with E-state index in [0.29, 0.717) is 28.5 Å². The Morgan fingerprint density at radius 1 is 1.17 bits per heavy atom. The van der Waals surface area contributed by atoms with Crippen LogP contribution in [0.1, 0.15) is 43.1 Å². The van der Waals surface area contributed by atoms with Crippen LogP contribution in [-0.4, -0.2) is 38.3 Å². The predicted molar refractivity (Wildman–Crippen MR) is 115 cm³/mol. The van der Waals surface area contributed by atoms with E-state index in [1.54, 1.807) is 18.2 Å². The van der Waals surface area contributed by atoms with Crippen LogP contribution >= 0.6 is 11.6 Å². The summed E-state index contributed by atoms with van der Waals surface area (Å²) >= 11 is 5.86. The third-order valence-electron chi connectivity index (χ3n) is 4.53. The van der Waals surface area contributed by atoms with Crippen LogP contribution in [0.15, 0.2) is 47.4 Å². The molecule has 2 rings (SSSR count). The highest BCUT2D eigenvalue weighted by Gasteiger charge is 2.23. The summed E-state index contributed by atoms with van der Waals surface area (Å²) in [5.41, 5.74) is 1.07. The summed E-state index contributed by atoms with van der Waals surface area (Å²) in [6.45, 7) is 6.26. The third-order valence-corrected chi connectivity index (χ3v) is 6.60. The van der Waals surface area contributed by atoms with Gasteiger partial charge < -0.3 is 10.1 Å². The second-order valence-electron chi connectivity index (χ2n) is 6.75. The summed E-state index contributed by atoms with van der Waals surface area (Å²) in [6.07, 6.45) is 0.817. The van der Waals surface area contributed by atoms with Gasteiger partial charge in [0.05, 0.1) is 11.5 Å². The zero-order valence-electron chi connectivity index (χ0n) is 17.1. The van der Waals surface area contributed by atoms with Gasteiger partial charge in [0, 0.05) is 35.8 Å². The number of ether oxygens (including phenoxy) is 1. The average molecular weight is 439 g/mol. The molecule has 158 valence electrons. The van der Waals surface area contributed by atoms with Crippen molar-refractivity contribution in [1.29, 1.82) is 0 Å². The lowest BCUT2D eigenvalue weighted by molar-refractivity contribution is 0.0939. The highest BCUT2D eigenvalue weighted by atomic mass is 35.5. The maximum Gasteiger partial charge on any atom is 0.251 e. The number of hydrogen-bond donors (Lipinski definition) is 1. The van der Waals surface area contributed by atoms with Gasteiger partial charge in [-0.25, -0.2) is 8.42 Å². The zero-order chi connectivity index (χ0) is 21.6. The molecule has 0 spiro atoms. The molecule has 0 radical (unpaired) electrons. The molecule has 0 heterocycles. The van der Waals surface area contributed by atoms with Crippen LogP contribution in [0.2, 0.25) is 5.02 Å². The van der Waals surface area contributed by atoms with Gasteiger partial charge in [0.15, 0.2) is 0 Å². The fourth-order valence-corrected chi connectivity index (χ4v) is 3.94. The molecule has 0 aliphatic rings. The maximum atomic E-state index is 12.9. The van der Waals surface area contributed by atoms with E-state index in [1.807, 2.05) is 20.8 Å². The van der Waals surface area contributed by atoms with Crippen molar-refractivity contribution in [1.82, 2.24) is 9.62 Å². The zero-order valence-corrected chi connectivity index (χ0v) is 18.7. The molecule has 0 aliphatic carbocycles. The minimum atomic E-state index is -3.72. The van der Waals surface area contributed by atoms with Gasteiger partial charge in [-0.1, -0.05) is 18.5 Å². The third kappa shape index (κ3) is 5.95. The van der Waals surface area contributed by atoms with Crippen molar-refractivity contribution in [3.8, 4) is 5.75 Å². The molecule has 2 aromatic carbocycles. The van der Waals surface area contributed by atoms with Crippen LogP contribution in [0.4, 0.5) is 0 Å². The Balaban J connectivity index is 2.32. The SMILES string of the molecule is CCOc1ccc(C(=O)N[C@H](C)CC)cc1CN(C)S(=O)(=O)c1ccc(Cl)cc1. The molecule has 1 N–H and O–H groups in total. The number of carbonyl (C=O) groups is 1. The molecular formula is C21H27ClN2O4S. The predicted octanol–water partition coefficient (Wildman–Crippen LogP) is 4.09. The topological polar surface area (TPSA) is 75.7 Å². The van der Waals surface area contributed by atoms with Gasteiger partial charge in [-0.3, -0.25) is 4.79 Å². The summed E-state index contributed by atoms with van der Waals surface area (Å²) in [7, 11) is -2.23. The summed E-state index contributed by atoms with van der Waals surface area (Å²) in [5, 5.41) is 3.38.